The average molecular weight is 398 g/mol. The standard InChI is InChI=1S/C17H11Cl2F2N3O2/c18-10-1-2-11(20)13(14(10)19)17(5-26-6-17)24-8-3-9-15(12(21)4-8)22-7-23-16(9)25/h1-4,7,24H,5-6H2,(H,22,23,25). The number of halogens is 4. The second kappa shape index (κ2) is 6.19. The molecule has 0 atom stereocenters. The predicted molar refractivity (Wildman–Crippen MR) is 94.9 cm³/mol. The fraction of sp³-hybridized carbons (Fsp3) is 0.176. The Bertz CT molecular complexity index is 1080. The molecular weight excluding hydrogens is 387 g/mol. The van der Waals surface area contributed by atoms with Gasteiger partial charge < -0.3 is 15.0 Å². The summed E-state index contributed by atoms with van der Waals surface area (Å²) >= 11 is 12.2. The Hall–Kier alpha value is -2.22. The van der Waals surface area contributed by atoms with Crippen LogP contribution in [0.4, 0.5) is 14.5 Å². The molecule has 0 saturated carbocycles. The lowest BCUT2D eigenvalue weighted by molar-refractivity contribution is -0.0462. The number of ether oxygens (including phenoxy) is 1. The number of anilines is 1. The van der Waals surface area contributed by atoms with E-state index in [-0.39, 0.29) is 45.4 Å². The molecule has 4 rings (SSSR count). The van der Waals surface area contributed by atoms with E-state index in [4.69, 9.17) is 27.9 Å². The molecule has 134 valence electrons. The number of aromatic amines is 1. The fourth-order valence-corrected chi connectivity index (χ4v) is 3.53. The van der Waals surface area contributed by atoms with E-state index in [1.807, 2.05) is 0 Å². The van der Waals surface area contributed by atoms with Gasteiger partial charge in [-0.05, 0) is 24.3 Å². The van der Waals surface area contributed by atoms with Crippen molar-refractivity contribution in [3.8, 4) is 0 Å². The van der Waals surface area contributed by atoms with E-state index in [1.54, 1.807) is 0 Å². The lowest BCUT2D eigenvalue weighted by atomic mass is 9.87. The van der Waals surface area contributed by atoms with Crippen molar-refractivity contribution in [3.63, 3.8) is 0 Å². The van der Waals surface area contributed by atoms with Crippen LogP contribution in [0.5, 0.6) is 0 Å². The van der Waals surface area contributed by atoms with Gasteiger partial charge in [0.05, 0.1) is 35.0 Å². The summed E-state index contributed by atoms with van der Waals surface area (Å²) in [6.45, 7) is 0.208. The minimum Gasteiger partial charge on any atom is -0.376 e. The van der Waals surface area contributed by atoms with E-state index in [2.05, 4.69) is 15.3 Å². The number of nitrogens with zero attached hydrogens (tertiary/aromatic N) is 1. The smallest absolute Gasteiger partial charge is 0.258 e. The molecule has 1 aliphatic heterocycles. The van der Waals surface area contributed by atoms with E-state index in [0.717, 1.165) is 6.33 Å². The molecule has 2 aromatic carbocycles. The summed E-state index contributed by atoms with van der Waals surface area (Å²) in [5, 5.41) is 3.38. The van der Waals surface area contributed by atoms with Gasteiger partial charge in [-0.25, -0.2) is 13.8 Å². The second-order valence-electron chi connectivity index (χ2n) is 6.00. The Morgan fingerprint density at radius 3 is 2.65 bits per heavy atom. The van der Waals surface area contributed by atoms with Crippen LogP contribution in [0.25, 0.3) is 10.9 Å². The molecule has 2 heterocycles. The number of fused-ring (bicyclic) bond motifs is 1. The molecule has 3 aromatic rings. The molecule has 0 aliphatic carbocycles. The molecule has 2 N–H and O–H groups in total. The third kappa shape index (κ3) is 2.63. The van der Waals surface area contributed by atoms with E-state index in [0.29, 0.717) is 0 Å². The summed E-state index contributed by atoms with van der Waals surface area (Å²) in [5.74, 6) is -1.24. The maximum absolute atomic E-state index is 14.5. The highest BCUT2D eigenvalue weighted by atomic mass is 35.5. The van der Waals surface area contributed by atoms with Gasteiger partial charge in [0.25, 0.3) is 5.56 Å². The highest BCUT2D eigenvalue weighted by molar-refractivity contribution is 6.42. The maximum atomic E-state index is 14.5. The highest BCUT2D eigenvalue weighted by Crippen LogP contribution is 2.42. The molecule has 1 aliphatic rings. The van der Waals surface area contributed by atoms with Crippen molar-refractivity contribution < 1.29 is 13.5 Å². The lowest BCUT2D eigenvalue weighted by Crippen LogP contribution is -2.53. The van der Waals surface area contributed by atoms with Crippen LogP contribution in [0.2, 0.25) is 10.0 Å². The van der Waals surface area contributed by atoms with Crippen LogP contribution in [-0.4, -0.2) is 23.2 Å². The monoisotopic (exact) mass is 397 g/mol. The number of hydrogen-bond donors (Lipinski definition) is 2. The van der Waals surface area contributed by atoms with Crippen LogP contribution in [-0.2, 0) is 10.3 Å². The summed E-state index contributed by atoms with van der Waals surface area (Å²) in [4.78, 5) is 18.2. The first-order chi connectivity index (χ1) is 12.4. The van der Waals surface area contributed by atoms with Crippen LogP contribution in [0.3, 0.4) is 0 Å². The van der Waals surface area contributed by atoms with E-state index >= 15 is 0 Å². The molecule has 0 spiro atoms. The molecule has 1 fully saturated rings. The van der Waals surface area contributed by atoms with Crippen LogP contribution in [0.1, 0.15) is 5.56 Å². The Morgan fingerprint density at radius 2 is 1.96 bits per heavy atom. The maximum Gasteiger partial charge on any atom is 0.258 e. The summed E-state index contributed by atoms with van der Waals surface area (Å²) in [6.07, 6.45) is 1.13. The van der Waals surface area contributed by atoms with Gasteiger partial charge in [0.1, 0.15) is 16.9 Å². The fourth-order valence-electron chi connectivity index (χ4n) is 3.04. The highest BCUT2D eigenvalue weighted by Gasteiger charge is 2.44. The number of rotatable bonds is 3. The summed E-state index contributed by atoms with van der Waals surface area (Å²) in [5.41, 5.74) is -1.15. The van der Waals surface area contributed by atoms with Crippen molar-refractivity contribution in [2.75, 3.05) is 18.5 Å². The van der Waals surface area contributed by atoms with E-state index in [9.17, 15) is 13.6 Å². The minimum absolute atomic E-state index is 0.0508. The van der Waals surface area contributed by atoms with Crippen LogP contribution in [0.15, 0.2) is 35.4 Å². The molecule has 0 amide bonds. The largest absolute Gasteiger partial charge is 0.376 e. The van der Waals surface area contributed by atoms with Crippen LogP contribution in [0, 0.1) is 11.6 Å². The molecular formula is C17H11Cl2F2N3O2. The van der Waals surface area contributed by atoms with Gasteiger partial charge in [0, 0.05) is 11.3 Å². The molecule has 0 radical (unpaired) electrons. The number of benzene rings is 2. The molecule has 9 heteroatoms. The Kier molecular flexibility index (Phi) is 4.10. The van der Waals surface area contributed by atoms with Gasteiger partial charge in [-0.1, -0.05) is 23.2 Å². The Morgan fingerprint density at radius 1 is 1.19 bits per heavy atom. The van der Waals surface area contributed by atoms with Gasteiger partial charge in [0.2, 0.25) is 0 Å². The van der Waals surface area contributed by atoms with Crippen molar-refractivity contribution in [1.82, 2.24) is 9.97 Å². The third-order valence-corrected chi connectivity index (χ3v) is 5.10. The first-order valence-electron chi connectivity index (χ1n) is 7.58. The zero-order chi connectivity index (χ0) is 18.5. The van der Waals surface area contributed by atoms with Crippen molar-refractivity contribution >= 4 is 39.8 Å². The van der Waals surface area contributed by atoms with Gasteiger partial charge in [-0.15, -0.1) is 0 Å². The van der Waals surface area contributed by atoms with Crippen LogP contribution < -0.4 is 10.9 Å². The third-order valence-electron chi connectivity index (χ3n) is 4.30. The first kappa shape index (κ1) is 17.2. The zero-order valence-electron chi connectivity index (χ0n) is 13.1. The Labute approximate surface area is 155 Å². The predicted octanol–water partition coefficient (Wildman–Crippen LogP) is 3.85. The van der Waals surface area contributed by atoms with Gasteiger partial charge in [0.15, 0.2) is 5.82 Å². The van der Waals surface area contributed by atoms with Gasteiger partial charge >= 0.3 is 0 Å². The number of hydrogen-bond acceptors (Lipinski definition) is 4. The summed E-state index contributed by atoms with van der Waals surface area (Å²) in [6, 6.07) is 5.20. The molecule has 1 saturated heterocycles. The van der Waals surface area contributed by atoms with Crippen molar-refractivity contribution in [2.45, 2.75) is 5.54 Å². The molecule has 26 heavy (non-hydrogen) atoms. The van der Waals surface area contributed by atoms with Crippen molar-refractivity contribution in [1.29, 1.82) is 0 Å². The second-order valence-corrected chi connectivity index (χ2v) is 6.79. The van der Waals surface area contributed by atoms with E-state index in [1.165, 1.54) is 24.3 Å². The quantitative estimate of drug-likeness (QED) is 0.658. The van der Waals surface area contributed by atoms with Crippen molar-refractivity contribution in [3.05, 3.63) is 68.2 Å². The summed E-state index contributed by atoms with van der Waals surface area (Å²) in [7, 11) is 0. The van der Waals surface area contributed by atoms with Gasteiger partial charge in [-0.3, -0.25) is 4.79 Å². The lowest BCUT2D eigenvalue weighted by Gasteiger charge is -2.43. The van der Waals surface area contributed by atoms with E-state index < -0.39 is 22.7 Å². The number of aromatic nitrogens is 2. The number of nitrogens with one attached hydrogen (secondary N) is 2. The van der Waals surface area contributed by atoms with Crippen molar-refractivity contribution in [2.24, 2.45) is 0 Å². The number of H-pyrrole nitrogens is 1. The topological polar surface area (TPSA) is 67.0 Å². The van der Waals surface area contributed by atoms with Gasteiger partial charge in [-0.2, -0.15) is 0 Å². The minimum atomic E-state index is -1.03. The molecule has 0 unspecified atom stereocenters. The Balaban J connectivity index is 1.83. The van der Waals surface area contributed by atoms with Crippen LogP contribution >= 0.6 is 23.2 Å². The molecule has 0 bridgehead atoms. The summed E-state index contributed by atoms with van der Waals surface area (Å²) < 4.78 is 34.1. The molecule has 1 aromatic heterocycles. The SMILES string of the molecule is O=c1[nH]cnc2c(F)cc(NC3(c4c(F)ccc(Cl)c4Cl)COC3)cc12. The normalized spacial score (nSPS) is 15.7. The molecule has 5 nitrogen and oxygen atoms in total. The first-order valence-corrected chi connectivity index (χ1v) is 8.34. The zero-order valence-corrected chi connectivity index (χ0v) is 14.6. The average Bonchev–Trinajstić information content (AvgIpc) is 2.57.